The Hall–Kier alpha value is -5.22. The van der Waals surface area contributed by atoms with Gasteiger partial charge in [-0.2, -0.15) is 0 Å². The molecule has 1 aliphatic rings. The lowest BCUT2D eigenvalue weighted by atomic mass is 9.99. The highest BCUT2D eigenvalue weighted by Crippen LogP contribution is 2.37. The third-order valence-corrected chi connectivity index (χ3v) is 7.32. The minimum Gasteiger partial charge on any atom is -0.452 e. The molecule has 0 unspecified atom stereocenters. The molecule has 186 valence electrons. The molecule has 1 aromatic heterocycles. The summed E-state index contributed by atoms with van der Waals surface area (Å²) >= 11 is 0. The van der Waals surface area contributed by atoms with Crippen LogP contribution in [-0.2, 0) is 0 Å². The first-order valence-corrected chi connectivity index (χ1v) is 12.9. The Kier molecular flexibility index (Phi) is 5.45. The zero-order valence-electron chi connectivity index (χ0n) is 21.5. The van der Waals surface area contributed by atoms with Crippen molar-refractivity contribution in [3.05, 3.63) is 138 Å². The Balaban J connectivity index is 1.35. The number of hydrogen-bond acceptors (Lipinski definition) is 3. The van der Waals surface area contributed by atoms with E-state index in [2.05, 4.69) is 106 Å². The minimum absolute atomic E-state index is 0.630. The first-order chi connectivity index (χ1) is 19.3. The Morgan fingerprint density at radius 3 is 2.05 bits per heavy atom. The van der Waals surface area contributed by atoms with Crippen molar-refractivity contribution in [3.8, 4) is 22.6 Å². The van der Waals surface area contributed by atoms with Crippen LogP contribution < -0.4 is 4.74 Å². The van der Waals surface area contributed by atoms with Gasteiger partial charge in [0.1, 0.15) is 17.2 Å². The fourth-order valence-corrected chi connectivity index (χ4v) is 5.58. The third-order valence-electron chi connectivity index (χ3n) is 7.32. The number of benzene rings is 5. The van der Waals surface area contributed by atoms with Crippen LogP contribution in [0.2, 0.25) is 0 Å². The summed E-state index contributed by atoms with van der Waals surface area (Å²) in [7, 11) is 1.78. The third kappa shape index (κ3) is 3.69. The van der Waals surface area contributed by atoms with Gasteiger partial charge in [-0.25, -0.2) is 0 Å². The summed E-state index contributed by atoms with van der Waals surface area (Å²) in [6.45, 7) is 3.88. The second kappa shape index (κ2) is 9.26. The van der Waals surface area contributed by atoms with Gasteiger partial charge in [0.15, 0.2) is 5.76 Å². The molecule has 5 aromatic carbocycles. The number of aliphatic imine (C=N–C) groups is 2. The van der Waals surface area contributed by atoms with Gasteiger partial charge in [0.2, 0.25) is 0 Å². The molecule has 0 atom stereocenters. The summed E-state index contributed by atoms with van der Waals surface area (Å²) in [5.74, 6) is 1.41. The SMILES string of the molecule is C=N/C(=C1/Oc2ccccc2/C1=N/C)c1cccc(-c2cccc(-n3c4ccccc4c4ccccc43)c2)c1. The van der Waals surface area contributed by atoms with Crippen molar-refractivity contribution >= 4 is 39.9 Å². The summed E-state index contributed by atoms with van der Waals surface area (Å²) in [5, 5.41) is 2.50. The predicted molar refractivity (Wildman–Crippen MR) is 162 cm³/mol. The number of aromatic nitrogens is 1. The van der Waals surface area contributed by atoms with E-state index in [0.717, 1.165) is 39.4 Å². The average molecular weight is 504 g/mol. The van der Waals surface area contributed by atoms with E-state index >= 15 is 0 Å². The number of fused-ring (bicyclic) bond motifs is 4. The molecule has 2 heterocycles. The second-order valence-corrected chi connectivity index (χ2v) is 9.51. The number of para-hydroxylation sites is 3. The molecule has 4 heteroatoms. The summed E-state index contributed by atoms with van der Waals surface area (Å²) < 4.78 is 8.56. The van der Waals surface area contributed by atoms with Gasteiger partial charge in [-0.3, -0.25) is 9.98 Å². The lowest BCUT2D eigenvalue weighted by Crippen LogP contribution is -2.04. The summed E-state index contributed by atoms with van der Waals surface area (Å²) in [4.78, 5) is 8.92. The van der Waals surface area contributed by atoms with Gasteiger partial charge < -0.3 is 9.30 Å². The first kappa shape index (κ1) is 22.9. The molecular formula is C35H25N3O. The maximum Gasteiger partial charge on any atom is 0.179 e. The Labute approximate surface area is 226 Å². The van der Waals surface area contributed by atoms with Crippen molar-refractivity contribution in [1.82, 2.24) is 4.57 Å². The van der Waals surface area contributed by atoms with Crippen LogP contribution in [0.4, 0.5) is 0 Å². The van der Waals surface area contributed by atoms with Crippen molar-refractivity contribution < 1.29 is 4.74 Å². The molecule has 7 rings (SSSR count). The van der Waals surface area contributed by atoms with Gasteiger partial charge in [0, 0.05) is 34.6 Å². The summed E-state index contributed by atoms with van der Waals surface area (Å²) in [6, 6.07) is 42.1. The highest BCUT2D eigenvalue weighted by molar-refractivity contribution is 6.19. The molecule has 0 saturated carbocycles. The molecule has 4 nitrogen and oxygen atoms in total. The molecule has 0 fully saturated rings. The lowest BCUT2D eigenvalue weighted by molar-refractivity contribution is 0.470. The van der Waals surface area contributed by atoms with Crippen molar-refractivity contribution in [2.75, 3.05) is 7.05 Å². The smallest absolute Gasteiger partial charge is 0.179 e. The molecular weight excluding hydrogens is 478 g/mol. The number of rotatable bonds is 4. The number of nitrogens with zero attached hydrogens (tertiary/aromatic N) is 3. The standard InChI is InChI=1S/C35H25N3O/c1-36-33(35-34(37-2)29-17-5-8-20-32(29)39-35)25-13-9-11-23(21-25)24-12-10-14-26(22-24)38-30-18-6-3-15-27(30)28-16-4-7-19-31(28)38/h3-22H,1H2,2H3/b35-33+,37-34-. The van der Waals surface area contributed by atoms with E-state index < -0.39 is 0 Å². The van der Waals surface area contributed by atoms with Crippen LogP contribution in [0.25, 0.3) is 44.3 Å². The Morgan fingerprint density at radius 2 is 1.33 bits per heavy atom. The van der Waals surface area contributed by atoms with Crippen LogP contribution in [0.3, 0.4) is 0 Å². The van der Waals surface area contributed by atoms with Gasteiger partial charge in [0.25, 0.3) is 0 Å². The van der Waals surface area contributed by atoms with E-state index in [9.17, 15) is 0 Å². The quantitative estimate of drug-likeness (QED) is 0.223. The van der Waals surface area contributed by atoms with Gasteiger partial charge in [0.05, 0.1) is 11.0 Å². The topological polar surface area (TPSA) is 38.9 Å². The van der Waals surface area contributed by atoms with Crippen LogP contribution in [0.5, 0.6) is 5.75 Å². The average Bonchev–Trinajstić information content (AvgIpc) is 3.53. The Morgan fingerprint density at radius 1 is 0.692 bits per heavy atom. The van der Waals surface area contributed by atoms with Crippen LogP contribution >= 0.6 is 0 Å². The monoisotopic (exact) mass is 503 g/mol. The van der Waals surface area contributed by atoms with Crippen LogP contribution in [0, 0.1) is 0 Å². The maximum atomic E-state index is 6.23. The zero-order valence-corrected chi connectivity index (χ0v) is 21.5. The minimum atomic E-state index is 0.630. The zero-order chi connectivity index (χ0) is 26.3. The molecule has 0 N–H and O–H groups in total. The van der Waals surface area contributed by atoms with Gasteiger partial charge in [-0.05, 0) is 60.3 Å². The second-order valence-electron chi connectivity index (χ2n) is 9.51. The maximum absolute atomic E-state index is 6.23. The van der Waals surface area contributed by atoms with Crippen molar-refractivity contribution in [1.29, 1.82) is 0 Å². The van der Waals surface area contributed by atoms with E-state index in [1.165, 1.54) is 21.8 Å². The number of allylic oxidation sites excluding steroid dienone is 1. The largest absolute Gasteiger partial charge is 0.452 e. The van der Waals surface area contributed by atoms with E-state index in [1.807, 2.05) is 36.4 Å². The van der Waals surface area contributed by atoms with E-state index in [1.54, 1.807) is 7.05 Å². The molecule has 0 aliphatic carbocycles. The van der Waals surface area contributed by atoms with Crippen LogP contribution in [0.15, 0.2) is 137 Å². The van der Waals surface area contributed by atoms with Crippen LogP contribution in [0.1, 0.15) is 11.1 Å². The number of hydrogen-bond donors (Lipinski definition) is 0. The van der Waals surface area contributed by atoms with Crippen LogP contribution in [-0.4, -0.2) is 24.0 Å². The summed E-state index contributed by atoms with van der Waals surface area (Å²) in [6.07, 6.45) is 0. The molecule has 0 spiro atoms. The molecule has 1 aliphatic heterocycles. The van der Waals surface area contributed by atoms with Gasteiger partial charge in [-0.15, -0.1) is 0 Å². The van der Waals surface area contributed by atoms with Gasteiger partial charge >= 0.3 is 0 Å². The fraction of sp³-hybridized carbons (Fsp3) is 0.0286. The van der Waals surface area contributed by atoms with Gasteiger partial charge in [-0.1, -0.05) is 78.9 Å². The van der Waals surface area contributed by atoms with Crippen molar-refractivity contribution in [3.63, 3.8) is 0 Å². The van der Waals surface area contributed by atoms with Crippen molar-refractivity contribution in [2.24, 2.45) is 9.98 Å². The number of ether oxygens (including phenoxy) is 1. The highest BCUT2D eigenvalue weighted by atomic mass is 16.5. The molecule has 39 heavy (non-hydrogen) atoms. The van der Waals surface area contributed by atoms with E-state index in [0.29, 0.717) is 11.5 Å². The van der Waals surface area contributed by atoms with E-state index in [4.69, 9.17) is 4.74 Å². The fourth-order valence-electron chi connectivity index (χ4n) is 5.58. The van der Waals surface area contributed by atoms with Crippen molar-refractivity contribution in [2.45, 2.75) is 0 Å². The molecule has 0 saturated heterocycles. The van der Waals surface area contributed by atoms with E-state index in [-0.39, 0.29) is 0 Å². The lowest BCUT2D eigenvalue weighted by Gasteiger charge is -2.12. The molecule has 0 amide bonds. The summed E-state index contributed by atoms with van der Waals surface area (Å²) in [5.41, 5.74) is 9.05. The predicted octanol–water partition coefficient (Wildman–Crippen LogP) is 8.33. The normalized spacial score (nSPS) is 14.9. The molecule has 0 bridgehead atoms. The highest BCUT2D eigenvalue weighted by Gasteiger charge is 2.28. The molecule has 6 aromatic rings. The Bertz CT molecular complexity index is 1920. The molecule has 0 radical (unpaired) electrons. The first-order valence-electron chi connectivity index (χ1n) is 12.9.